The number of aliphatic hydroxyl groups excluding tert-OH is 1. The number of benzene rings is 1. The van der Waals surface area contributed by atoms with E-state index in [2.05, 4.69) is 5.32 Å². The fourth-order valence-electron chi connectivity index (χ4n) is 1.65. The molecule has 0 radical (unpaired) electrons. The van der Waals surface area contributed by atoms with Gasteiger partial charge in [0.1, 0.15) is 5.75 Å². The number of aliphatic hydroxyl groups is 1. The third-order valence-corrected chi connectivity index (χ3v) is 2.64. The molecule has 0 bridgehead atoms. The zero-order valence-corrected chi connectivity index (χ0v) is 11.0. The van der Waals surface area contributed by atoms with Crippen molar-refractivity contribution in [2.75, 3.05) is 27.4 Å². The van der Waals surface area contributed by atoms with Gasteiger partial charge in [0.15, 0.2) is 0 Å². The van der Waals surface area contributed by atoms with E-state index in [1.165, 1.54) is 26.4 Å². The molecule has 1 rings (SSSR count). The number of hydrogen-bond acceptors (Lipinski definition) is 6. The van der Waals surface area contributed by atoms with Gasteiger partial charge in [-0.2, -0.15) is 0 Å². The van der Waals surface area contributed by atoms with Crippen LogP contribution in [0.1, 0.15) is 5.56 Å². The first kappa shape index (κ1) is 15.4. The van der Waals surface area contributed by atoms with Crippen LogP contribution >= 0.6 is 0 Å². The predicted octanol–water partition coefficient (Wildman–Crippen LogP) is 0.700. The highest BCUT2D eigenvalue weighted by Gasteiger charge is 2.13. The molecule has 1 unspecified atom stereocenters. The van der Waals surface area contributed by atoms with Gasteiger partial charge in [0.2, 0.25) is 0 Å². The van der Waals surface area contributed by atoms with Gasteiger partial charge in [0.25, 0.3) is 5.69 Å². The van der Waals surface area contributed by atoms with Crippen molar-refractivity contribution in [3.8, 4) is 5.75 Å². The van der Waals surface area contributed by atoms with Gasteiger partial charge in [-0.3, -0.25) is 10.1 Å². The van der Waals surface area contributed by atoms with Crippen LogP contribution < -0.4 is 10.1 Å². The fraction of sp³-hybridized carbons (Fsp3) is 0.500. The Balaban J connectivity index is 2.79. The molecule has 0 aliphatic heterocycles. The summed E-state index contributed by atoms with van der Waals surface area (Å²) in [6.45, 7) is 0.623. The first-order valence-corrected chi connectivity index (χ1v) is 5.76. The summed E-state index contributed by atoms with van der Waals surface area (Å²) in [5.74, 6) is 0.562. The molecular weight excluding hydrogens is 252 g/mol. The van der Waals surface area contributed by atoms with Crippen LogP contribution in [-0.2, 0) is 11.3 Å². The van der Waals surface area contributed by atoms with Gasteiger partial charge in [-0.25, -0.2) is 0 Å². The third kappa shape index (κ3) is 4.47. The average molecular weight is 270 g/mol. The summed E-state index contributed by atoms with van der Waals surface area (Å²) in [4.78, 5) is 10.3. The Morgan fingerprint density at radius 3 is 2.74 bits per heavy atom. The van der Waals surface area contributed by atoms with Gasteiger partial charge in [0.05, 0.1) is 31.3 Å². The van der Waals surface area contributed by atoms with Crippen LogP contribution in [0.5, 0.6) is 5.75 Å². The number of nitro benzene ring substituents is 1. The minimum atomic E-state index is -0.457. The van der Waals surface area contributed by atoms with E-state index >= 15 is 0 Å². The summed E-state index contributed by atoms with van der Waals surface area (Å²) in [5, 5.41) is 22.9. The Hall–Kier alpha value is -1.70. The smallest absolute Gasteiger partial charge is 0.270 e. The second-order valence-electron chi connectivity index (χ2n) is 3.97. The molecule has 1 aromatic carbocycles. The lowest BCUT2D eigenvalue weighted by atomic mass is 10.1. The van der Waals surface area contributed by atoms with Crippen molar-refractivity contribution in [1.82, 2.24) is 5.32 Å². The zero-order valence-electron chi connectivity index (χ0n) is 11.0. The number of nitro groups is 1. The van der Waals surface area contributed by atoms with Crippen LogP contribution in [0.3, 0.4) is 0 Å². The van der Waals surface area contributed by atoms with Crippen LogP contribution in [0.15, 0.2) is 18.2 Å². The number of ether oxygens (including phenoxy) is 2. The number of rotatable bonds is 8. The molecule has 106 valence electrons. The lowest BCUT2D eigenvalue weighted by Gasteiger charge is -2.16. The molecule has 2 N–H and O–H groups in total. The van der Waals surface area contributed by atoms with Gasteiger partial charge in [0, 0.05) is 31.4 Å². The summed E-state index contributed by atoms with van der Waals surface area (Å²) in [7, 11) is 3.04. The quantitative estimate of drug-likeness (QED) is 0.533. The predicted molar refractivity (Wildman–Crippen MR) is 69.2 cm³/mol. The molecule has 0 aliphatic carbocycles. The van der Waals surface area contributed by atoms with Gasteiger partial charge in [-0.15, -0.1) is 0 Å². The molecule has 0 amide bonds. The molecule has 7 nitrogen and oxygen atoms in total. The molecule has 19 heavy (non-hydrogen) atoms. The lowest BCUT2D eigenvalue weighted by molar-refractivity contribution is -0.384. The second kappa shape index (κ2) is 7.67. The fourth-order valence-corrected chi connectivity index (χ4v) is 1.65. The molecule has 1 aromatic rings. The SMILES string of the molecule is COCC(CO)NCc1cc([N+](=O)[O-])ccc1OC. The van der Waals surface area contributed by atoms with E-state index in [0.29, 0.717) is 24.5 Å². The van der Waals surface area contributed by atoms with Crippen molar-refractivity contribution < 1.29 is 19.5 Å². The molecule has 0 spiro atoms. The van der Waals surface area contributed by atoms with Crippen molar-refractivity contribution >= 4 is 5.69 Å². The molecule has 0 fully saturated rings. The first-order valence-electron chi connectivity index (χ1n) is 5.76. The minimum Gasteiger partial charge on any atom is -0.496 e. The van der Waals surface area contributed by atoms with Crippen molar-refractivity contribution in [2.24, 2.45) is 0 Å². The number of nitrogens with zero attached hydrogens (tertiary/aromatic N) is 1. The Morgan fingerprint density at radius 2 is 2.21 bits per heavy atom. The van der Waals surface area contributed by atoms with Crippen LogP contribution in [-0.4, -0.2) is 43.5 Å². The minimum absolute atomic E-state index is 0.00453. The molecule has 1 atom stereocenters. The summed E-state index contributed by atoms with van der Waals surface area (Å²) < 4.78 is 10.1. The first-order chi connectivity index (χ1) is 9.12. The summed E-state index contributed by atoms with van der Waals surface area (Å²) >= 11 is 0. The Morgan fingerprint density at radius 1 is 1.47 bits per heavy atom. The number of methoxy groups -OCH3 is 2. The van der Waals surface area contributed by atoms with E-state index in [9.17, 15) is 10.1 Å². The third-order valence-electron chi connectivity index (χ3n) is 2.64. The van der Waals surface area contributed by atoms with E-state index in [-0.39, 0.29) is 18.3 Å². The Kier molecular flexibility index (Phi) is 6.20. The van der Waals surface area contributed by atoms with Gasteiger partial charge in [-0.1, -0.05) is 0 Å². The summed E-state index contributed by atoms with van der Waals surface area (Å²) in [6, 6.07) is 4.17. The summed E-state index contributed by atoms with van der Waals surface area (Å²) in [5.41, 5.74) is 0.663. The van der Waals surface area contributed by atoms with Crippen LogP contribution in [0.25, 0.3) is 0 Å². The number of hydrogen-bond donors (Lipinski definition) is 2. The largest absolute Gasteiger partial charge is 0.496 e. The topological polar surface area (TPSA) is 93.9 Å². The van der Waals surface area contributed by atoms with Crippen molar-refractivity contribution in [2.45, 2.75) is 12.6 Å². The average Bonchev–Trinajstić information content (AvgIpc) is 2.42. The van der Waals surface area contributed by atoms with E-state index in [4.69, 9.17) is 14.6 Å². The summed E-state index contributed by atoms with van der Waals surface area (Å²) in [6.07, 6.45) is 0. The highest BCUT2D eigenvalue weighted by Crippen LogP contribution is 2.23. The van der Waals surface area contributed by atoms with Gasteiger partial charge < -0.3 is 19.9 Å². The molecule has 0 aliphatic rings. The number of non-ortho nitro benzene ring substituents is 1. The molecule has 0 heterocycles. The van der Waals surface area contributed by atoms with Crippen molar-refractivity contribution in [3.63, 3.8) is 0 Å². The van der Waals surface area contributed by atoms with Crippen LogP contribution in [0.4, 0.5) is 5.69 Å². The van der Waals surface area contributed by atoms with Gasteiger partial charge >= 0.3 is 0 Å². The maximum atomic E-state index is 10.7. The van der Waals surface area contributed by atoms with E-state index in [0.717, 1.165) is 0 Å². The van der Waals surface area contributed by atoms with Crippen LogP contribution in [0, 0.1) is 10.1 Å². The normalized spacial score (nSPS) is 12.2. The Labute approximate surface area is 111 Å². The molecular formula is C12H18N2O5. The maximum Gasteiger partial charge on any atom is 0.270 e. The van der Waals surface area contributed by atoms with Crippen molar-refractivity contribution in [3.05, 3.63) is 33.9 Å². The zero-order chi connectivity index (χ0) is 14.3. The van der Waals surface area contributed by atoms with E-state index in [1.54, 1.807) is 6.07 Å². The lowest BCUT2D eigenvalue weighted by Crippen LogP contribution is -2.36. The highest BCUT2D eigenvalue weighted by atomic mass is 16.6. The van der Waals surface area contributed by atoms with Crippen LogP contribution in [0.2, 0.25) is 0 Å². The maximum absolute atomic E-state index is 10.7. The van der Waals surface area contributed by atoms with E-state index < -0.39 is 4.92 Å². The second-order valence-corrected chi connectivity index (χ2v) is 3.97. The monoisotopic (exact) mass is 270 g/mol. The van der Waals surface area contributed by atoms with Crippen molar-refractivity contribution in [1.29, 1.82) is 0 Å². The molecule has 0 aromatic heterocycles. The molecule has 7 heteroatoms. The Bertz CT molecular complexity index is 425. The highest BCUT2D eigenvalue weighted by molar-refractivity contribution is 5.43. The number of nitrogens with one attached hydrogen (secondary N) is 1. The van der Waals surface area contributed by atoms with E-state index in [1.807, 2.05) is 0 Å². The molecule has 0 saturated carbocycles. The standard InChI is InChI=1S/C12H18N2O5/c1-18-8-10(7-15)13-6-9-5-11(14(16)17)3-4-12(9)19-2/h3-5,10,13,15H,6-8H2,1-2H3. The molecule has 0 saturated heterocycles. The van der Waals surface area contributed by atoms with Gasteiger partial charge in [-0.05, 0) is 6.07 Å².